The Bertz CT molecular complexity index is 410. The molecule has 0 aliphatic heterocycles. The van der Waals surface area contributed by atoms with Gasteiger partial charge in [-0.15, -0.1) is 0 Å². The fourth-order valence-electron chi connectivity index (χ4n) is 1.49. The number of carbonyl (C=O) groups excluding carboxylic acids is 1. The van der Waals surface area contributed by atoms with Gasteiger partial charge >= 0.3 is 0 Å². The Morgan fingerprint density at radius 3 is 2.83 bits per heavy atom. The average Bonchev–Trinajstić information content (AvgIpc) is 2.36. The molecule has 1 unspecified atom stereocenters. The van der Waals surface area contributed by atoms with Gasteiger partial charge in [0.15, 0.2) is 0 Å². The molecule has 0 radical (unpaired) electrons. The smallest absolute Gasteiger partial charge is 0.220 e. The molecule has 1 aromatic rings. The van der Waals surface area contributed by atoms with Crippen molar-refractivity contribution in [3.05, 3.63) is 28.2 Å². The first-order chi connectivity index (χ1) is 8.56. The summed E-state index contributed by atoms with van der Waals surface area (Å²) in [7, 11) is 1.62. The van der Waals surface area contributed by atoms with Crippen LogP contribution in [0.1, 0.15) is 18.9 Å². The van der Waals surface area contributed by atoms with Gasteiger partial charge in [-0.1, -0.05) is 13.0 Å². The van der Waals surface area contributed by atoms with Crippen LogP contribution in [0.25, 0.3) is 0 Å². The summed E-state index contributed by atoms with van der Waals surface area (Å²) < 4.78 is 6.03. The van der Waals surface area contributed by atoms with E-state index in [0.29, 0.717) is 19.5 Å². The number of hydrogen-bond donors (Lipinski definition) is 2. The van der Waals surface area contributed by atoms with Crippen molar-refractivity contribution in [3.63, 3.8) is 0 Å². The van der Waals surface area contributed by atoms with Gasteiger partial charge in [0.05, 0.1) is 11.6 Å². The van der Waals surface area contributed by atoms with Crippen LogP contribution in [0.5, 0.6) is 5.75 Å². The van der Waals surface area contributed by atoms with Crippen LogP contribution >= 0.6 is 15.9 Å². The first-order valence-corrected chi connectivity index (χ1v) is 6.65. The van der Waals surface area contributed by atoms with E-state index in [1.165, 1.54) is 0 Å². The molecule has 5 heteroatoms. The fourth-order valence-corrected chi connectivity index (χ4v) is 2.08. The van der Waals surface area contributed by atoms with Crippen LogP contribution in [0.4, 0.5) is 0 Å². The van der Waals surface area contributed by atoms with Crippen LogP contribution in [-0.2, 0) is 11.3 Å². The number of nitrogens with two attached hydrogens (primary N) is 1. The van der Waals surface area contributed by atoms with Gasteiger partial charge in [0.1, 0.15) is 5.75 Å². The molecular weight excluding hydrogens is 296 g/mol. The van der Waals surface area contributed by atoms with Crippen molar-refractivity contribution in [2.24, 2.45) is 11.7 Å². The zero-order valence-electron chi connectivity index (χ0n) is 10.7. The first-order valence-electron chi connectivity index (χ1n) is 5.86. The summed E-state index contributed by atoms with van der Waals surface area (Å²) in [5.41, 5.74) is 6.50. The van der Waals surface area contributed by atoms with Gasteiger partial charge in [0.25, 0.3) is 0 Å². The number of amides is 1. The van der Waals surface area contributed by atoms with E-state index in [4.69, 9.17) is 10.5 Å². The van der Waals surface area contributed by atoms with Gasteiger partial charge in [0.2, 0.25) is 5.91 Å². The van der Waals surface area contributed by atoms with E-state index in [9.17, 15) is 4.79 Å². The molecule has 0 bridgehead atoms. The highest BCUT2D eigenvalue weighted by Crippen LogP contribution is 2.25. The van der Waals surface area contributed by atoms with E-state index in [0.717, 1.165) is 15.8 Å². The number of benzene rings is 1. The maximum Gasteiger partial charge on any atom is 0.220 e. The summed E-state index contributed by atoms with van der Waals surface area (Å²) in [4.78, 5) is 11.6. The molecule has 4 nitrogen and oxygen atoms in total. The second-order valence-corrected chi connectivity index (χ2v) is 5.14. The predicted octanol–water partition coefficient (Wildman–Crippen LogP) is 2.06. The van der Waals surface area contributed by atoms with Gasteiger partial charge in [0, 0.05) is 13.0 Å². The summed E-state index contributed by atoms with van der Waals surface area (Å²) >= 11 is 3.41. The van der Waals surface area contributed by atoms with Gasteiger partial charge in [-0.3, -0.25) is 4.79 Å². The maximum absolute atomic E-state index is 11.6. The lowest BCUT2D eigenvalue weighted by molar-refractivity contribution is -0.122. The van der Waals surface area contributed by atoms with Gasteiger partial charge in [-0.25, -0.2) is 0 Å². The van der Waals surface area contributed by atoms with Crippen molar-refractivity contribution >= 4 is 21.8 Å². The molecule has 0 spiro atoms. The SMILES string of the molecule is COc1ccc(CNC(=O)CC(C)CN)cc1Br. The fraction of sp³-hybridized carbons (Fsp3) is 0.462. The standard InChI is InChI=1S/C13H19BrN2O2/c1-9(7-15)5-13(17)16-8-10-3-4-12(18-2)11(14)6-10/h3-4,6,9H,5,7-8,15H2,1-2H3,(H,16,17). The van der Waals surface area contributed by atoms with Crippen molar-refractivity contribution in [1.29, 1.82) is 0 Å². The van der Waals surface area contributed by atoms with E-state index >= 15 is 0 Å². The summed E-state index contributed by atoms with van der Waals surface area (Å²) in [6.45, 7) is 3.00. The number of methoxy groups -OCH3 is 1. The second-order valence-electron chi connectivity index (χ2n) is 4.29. The molecule has 0 fully saturated rings. The quantitative estimate of drug-likeness (QED) is 0.844. The normalized spacial score (nSPS) is 12.0. The van der Waals surface area contributed by atoms with Crippen molar-refractivity contribution in [1.82, 2.24) is 5.32 Å². The molecule has 0 saturated heterocycles. The van der Waals surface area contributed by atoms with E-state index in [2.05, 4.69) is 21.2 Å². The summed E-state index contributed by atoms with van der Waals surface area (Å²) in [5, 5.41) is 2.87. The van der Waals surface area contributed by atoms with E-state index < -0.39 is 0 Å². The second kappa shape index (κ2) is 7.38. The highest BCUT2D eigenvalue weighted by Gasteiger charge is 2.07. The number of halogens is 1. The molecule has 0 aromatic heterocycles. The maximum atomic E-state index is 11.6. The molecule has 0 saturated carbocycles. The lowest BCUT2D eigenvalue weighted by Gasteiger charge is -2.10. The molecule has 1 atom stereocenters. The largest absolute Gasteiger partial charge is 0.496 e. The highest BCUT2D eigenvalue weighted by molar-refractivity contribution is 9.10. The van der Waals surface area contributed by atoms with Crippen molar-refractivity contribution < 1.29 is 9.53 Å². The zero-order chi connectivity index (χ0) is 13.5. The van der Waals surface area contributed by atoms with Gasteiger partial charge in [-0.05, 0) is 46.1 Å². The van der Waals surface area contributed by atoms with Gasteiger partial charge in [-0.2, -0.15) is 0 Å². The minimum absolute atomic E-state index is 0.0277. The molecule has 0 aliphatic rings. The molecule has 1 rings (SSSR count). The van der Waals surface area contributed by atoms with Crippen LogP contribution in [0.3, 0.4) is 0 Å². The van der Waals surface area contributed by atoms with E-state index in [1.807, 2.05) is 25.1 Å². The monoisotopic (exact) mass is 314 g/mol. The van der Waals surface area contributed by atoms with Crippen LogP contribution < -0.4 is 15.8 Å². The first kappa shape index (κ1) is 15.0. The van der Waals surface area contributed by atoms with Crippen molar-refractivity contribution in [2.75, 3.05) is 13.7 Å². The molecule has 1 aromatic carbocycles. The Balaban J connectivity index is 2.48. The minimum atomic E-state index is 0.0277. The van der Waals surface area contributed by atoms with E-state index in [1.54, 1.807) is 7.11 Å². The third-order valence-electron chi connectivity index (χ3n) is 2.64. The van der Waals surface area contributed by atoms with Crippen molar-refractivity contribution in [2.45, 2.75) is 19.9 Å². The third kappa shape index (κ3) is 4.66. The van der Waals surface area contributed by atoms with Crippen LogP contribution in [0.2, 0.25) is 0 Å². The summed E-state index contributed by atoms with van der Waals surface area (Å²) in [5.74, 6) is 1.02. The summed E-state index contributed by atoms with van der Waals surface area (Å²) in [6, 6.07) is 5.73. The Kier molecular flexibility index (Phi) is 6.15. The summed E-state index contributed by atoms with van der Waals surface area (Å²) in [6.07, 6.45) is 0.466. The Labute approximate surface area is 116 Å². The minimum Gasteiger partial charge on any atom is -0.496 e. The Hall–Kier alpha value is -1.07. The highest BCUT2D eigenvalue weighted by atomic mass is 79.9. The Morgan fingerprint density at radius 1 is 1.56 bits per heavy atom. The van der Waals surface area contributed by atoms with Crippen molar-refractivity contribution in [3.8, 4) is 5.75 Å². The van der Waals surface area contributed by atoms with Crippen LogP contribution in [-0.4, -0.2) is 19.6 Å². The molecule has 3 N–H and O–H groups in total. The number of hydrogen-bond acceptors (Lipinski definition) is 3. The number of rotatable bonds is 6. The number of ether oxygens (including phenoxy) is 1. The molecular formula is C13H19BrN2O2. The molecule has 18 heavy (non-hydrogen) atoms. The molecule has 100 valence electrons. The molecule has 0 heterocycles. The van der Waals surface area contributed by atoms with Crippen LogP contribution in [0.15, 0.2) is 22.7 Å². The van der Waals surface area contributed by atoms with E-state index in [-0.39, 0.29) is 11.8 Å². The molecule has 0 aliphatic carbocycles. The predicted molar refractivity (Wildman–Crippen MR) is 75.4 cm³/mol. The average molecular weight is 315 g/mol. The lowest BCUT2D eigenvalue weighted by Crippen LogP contribution is -2.26. The topological polar surface area (TPSA) is 64.3 Å². The van der Waals surface area contributed by atoms with Gasteiger partial charge < -0.3 is 15.8 Å². The lowest BCUT2D eigenvalue weighted by atomic mass is 10.1. The number of nitrogens with one attached hydrogen (secondary N) is 1. The van der Waals surface area contributed by atoms with Crippen LogP contribution in [0, 0.1) is 5.92 Å². The molecule has 1 amide bonds. The zero-order valence-corrected chi connectivity index (χ0v) is 12.3. The third-order valence-corrected chi connectivity index (χ3v) is 3.26. The Morgan fingerprint density at radius 2 is 2.28 bits per heavy atom. The number of carbonyl (C=O) groups is 1.